The molecule has 3 rings (SSSR count). The maximum Gasteiger partial charge on any atom is 0.267 e. The zero-order chi connectivity index (χ0) is 21.7. The van der Waals surface area contributed by atoms with E-state index in [1.165, 1.54) is 16.2 Å². The first-order valence-electron chi connectivity index (χ1n) is 10.5. The Bertz CT molecular complexity index is 1050. The van der Waals surface area contributed by atoms with Crippen molar-refractivity contribution in [3.05, 3.63) is 44.7 Å². The highest BCUT2D eigenvalue weighted by Gasteiger charge is 2.32. The molecule has 1 aliphatic heterocycles. The largest absolute Gasteiger partial charge is 0.369 e. The van der Waals surface area contributed by atoms with Gasteiger partial charge in [-0.1, -0.05) is 63.2 Å². The summed E-state index contributed by atoms with van der Waals surface area (Å²) < 4.78 is 2.08. The number of pyridine rings is 1. The fourth-order valence-corrected chi connectivity index (χ4v) is 4.63. The fourth-order valence-electron chi connectivity index (χ4n) is 3.34. The van der Waals surface area contributed by atoms with Gasteiger partial charge in [0.1, 0.15) is 15.8 Å². The number of thiocarbonyl (C=S) groups is 1. The van der Waals surface area contributed by atoms with Gasteiger partial charge in [0.25, 0.3) is 11.5 Å². The van der Waals surface area contributed by atoms with Gasteiger partial charge < -0.3 is 5.32 Å². The minimum Gasteiger partial charge on any atom is -0.369 e. The molecule has 1 saturated heterocycles. The van der Waals surface area contributed by atoms with Gasteiger partial charge in [-0.05, 0) is 37.5 Å². The predicted octanol–water partition coefficient (Wildman–Crippen LogP) is 4.61. The molecule has 0 atom stereocenters. The average Bonchev–Trinajstić information content (AvgIpc) is 2.99. The van der Waals surface area contributed by atoms with Crippen molar-refractivity contribution >= 4 is 51.7 Å². The number of fused-ring (bicyclic) bond motifs is 1. The van der Waals surface area contributed by atoms with E-state index in [9.17, 15) is 9.59 Å². The van der Waals surface area contributed by atoms with Gasteiger partial charge in [-0.25, -0.2) is 4.98 Å². The molecule has 0 aliphatic carbocycles. The van der Waals surface area contributed by atoms with Crippen LogP contribution in [0.5, 0.6) is 0 Å². The van der Waals surface area contributed by atoms with Gasteiger partial charge >= 0.3 is 0 Å². The molecule has 0 radical (unpaired) electrons. The molecular weight excluding hydrogens is 416 g/mol. The molecule has 8 heteroatoms. The number of nitrogens with one attached hydrogen (secondary N) is 1. The summed E-state index contributed by atoms with van der Waals surface area (Å²) in [6.07, 6.45) is 8.54. The van der Waals surface area contributed by atoms with Crippen molar-refractivity contribution in [1.82, 2.24) is 14.3 Å². The maximum absolute atomic E-state index is 13.2. The molecule has 2 aromatic heterocycles. The normalized spacial score (nSPS) is 15.6. The summed E-state index contributed by atoms with van der Waals surface area (Å²) in [5, 5.41) is 3.25. The van der Waals surface area contributed by atoms with Crippen molar-refractivity contribution < 1.29 is 4.79 Å². The molecule has 6 nitrogen and oxygen atoms in total. The van der Waals surface area contributed by atoms with Crippen LogP contribution >= 0.6 is 24.0 Å². The van der Waals surface area contributed by atoms with E-state index in [-0.39, 0.29) is 11.5 Å². The molecule has 0 aromatic carbocycles. The lowest BCUT2D eigenvalue weighted by atomic mass is 10.2. The Morgan fingerprint density at radius 1 is 1.20 bits per heavy atom. The number of carbonyl (C=O) groups is 1. The number of aromatic nitrogens is 2. The number of rotatable bonds is 9. The van der Waals surface area contributed by atoms with Crippen LogP contribution in [0.3, 0.4) is 0 Å². The third kappa shape index (κ3) is 4.75. The lowest BCUT2D eigenvalue weighted by Gasteiger charge is -2.14. The van der Waals surface area contributed by atoms with Crippen LogP contribution in [0.4, 0.5) is 5.82 Å². The first-order valence-corrected chi connectivity index (χ1v) is 11.7. The summed E-state index contributed by atoms with van der Waals surface area (Å²) in [7, 11) is 0. The van der Waals surface area contributed by atoms with E-state index in [4.69, 9.17) is 12.2 Å². The number of unbranched alkanes of at least 4 members (excludes halogenated alkanes) is 3. The molecule has 0 spiro atoms. The minimum atomic E-state index is -0.199. The highest BCUT2D eigenvalue weighted by molar-refractivity contribution is 8.26. The number of amides is 1. The summed E-state index contributed by atoms with van der Waals surface area (Å²) >= 11 is 6.69. The second-order valence-corrected chi connectivity index (χ2v) is 9.06. The van der Waals surface area contributed by atoms with Crippen molar-refractivity contribution in [3.8, 4) is 0 Å². The Balaban J connectivity index is 1.98. The van der Waals surface area contributed by atoms with Crippen LogP contribution in [-0.4, -0.2) is 37.6 Å². The second kappa shape index (κ2) is 10.2. The standard InChI is InChI=1S/C22H28N4O2S2/c1-4-6-7-8-12-26-21(28)17(30-22(26)29)14-16-18(23-11-5-2)24-19-15(3)10-9-13-25(19)20(16)27/h9-10,13-14,23H,4-8,11-12H2,1-3H3/b17-14+. The van der Waals surface area contributed by atoms with E-state index >= 15 is 0 Å². The molecule has 0 bridgehead atoms. The Morgan fingerprint density at radius 3 is 2.73 bits per heavy atom. The summed E-state index contributed by atoms with van der Waals surface area (Å²) in [5.41, 5.74) is 1.72. The van der Waals surface area contributed by atoms with E-state index in [1.54, 1.807) is 17.2 Å². The second-order valence-electron chi connectivity index (χ2n) is 7.38. The van der Waals surface area contributed by atoms with Crippen LogP contribution in [0, 0.1) is 6.92 Å². The summed E-state index contributed by atoms with van der Waals surface area (Å²) in [6.45, 7) is 7.44. The van der Waals surface area contributed by atoms with Crippen LogP contribution < -0.4 is 10.9 Å². The van der Waals surface area contributed by atoms with Crippen LogP contribution in [-0.2, 0) is 4.79 Å². The molecule has 1 aliphatic rings. The highest BCUT2D eigenvalue weighted by atomic mass is 32.2. The molecule has 30 heavy (non-hydrogen) atoms. The molecular formula is C22H28N4O2S2. The molecule has 1 N–H and O–H groups in total. The van der Waals surface area contributed by atoms with Crippen LogP contribution in [0.2, 0.25) is 0 Å². The van der Waals surface area contributed by atoms with Gasteiger partial charge in [0.15, 0.2) is 0 Å². The van der Waals surface area contributed by atoms with Gasteiger partial charge in [0, 0.05) is 19.3 Å². The van der Waals surface area contributed by atoms with Gasteiger partial charge in [0.2, 0.25) is 0 Å². The molecule has 2 aromatic rings. The van der Waals surface area contributed by atoms with Gasteiger partial charge in [-0.2, -0.15) is 0 Å². The van der Waals surface area contributed by atoms with E-state index in [0.717, 1.165) is 37.7 Å². The summed E-state index contributed by atoms with van der Waals surface area (Å²) in [5.74, 6) is 0.376. The van der Waals surface area contributed by atoms with Crippen LogP contribution in [0.25, 0.3) is 11.7 Å². The fraction of sp³-hybridized carbons (Fsp3) is 0.455. The van der Waals surface area contributed by atoms with E-state index in [1.807, 2.05) is 19.1 Å². The van der Waals surface area contributed by atoms with Crippen molar-refractivity contribution in [3.63, 3.8) is 0 Å². The molecule has 160 valence electrons. The quantitative estimate of drug-likeness (QED) is 0.346. The molecule has 0 saturated carbocycles. The average molecular weight is 445 g/mol. The predicted molar refractivity (Wildman–Crippen MR) is 129 cm³/mol. The number of hydrogen-bond donors (Lipinski definition) is 1. The maximum atomic E-state index is 13.2. The lowest BCUT2D eigenvalue weighted by Crippen LogP contribution is -2.29. The number of thioether (sulfide) groups is 1. The van der Waals surface area contributed by atoms with Crippen molar-refractivity contribution in [2.24, 2.45) is 0 Å². The van der Waals surface area contributed by atoms with E-state index in [0.29, 0.717) is 39.3 Å². The number of hydrogen-bond acceptors (Lipinski definition) is 6. The summed E-state index contributed by atoms with van der Waals surface area (Å²) in [4.78, 5) is 33.0. The van der Waals surface area contributed by atoms with E-state index in [2.05, 4.69) is 24.1 Å². The zero-order valence-electron chi connectivity index (χ0n) is 17.7. The number of aryl methyl sites for hydroxylation is 1. The van der Waals surface area contributed by atoms with Gasteiger partial charge in [-0.15, -0.1) is 0 Å². The lowest BCUT2D eigenvalue weighted by molar-refractivity contribution is -0.122. The third-order valence-electron chi connectivity index (χ3n) is 5.01. The number of anilines is 1. The van der Waals surface area contributed by atoms with Crippen molar-refractivity contribution in [2.45, 2.75) is 52.9 Å². The van der Waals surface area contributed by atoms with Crippen molar-refractivity contribution in [1.29, 1.82) is 0 Å². The Morgan fingerprint density at radius 2 is 2.00 bits per heavy atom. The van der Waals surface area contributed by atoms with Gasteiger partial charge in [-0.3, -0.25) is 18.9 Å². The van der Waals surface area contributed by atoms with E-state index < -0.39 is 0 Å². The smallest absolute Gasteiger partial charge is 0.267 e. The Labute approximate surface area is 186 Å². The number of nitrogens with zero attached hydrogens (tertiary/aromatic N) is 3. The Kier molecular flexibility index (Phi) is 7.66. The number of carbonyl (C=O) groups excluding carboxylic acids is 1. The first kappa shape index (κ1) is 22.5. The van der Waals surface area contributed by atoms with Crippen LogP contribution in [0.15, 0.2) is 28.0 Å². The molecule has 1 fully saturated rings. The van der Waals surface area contributed by atoms with Gasteiger partial charge in [0.05, 0.1) is 10.5 Å². The summed E-state index contributed by atoms with van der Waals surface area (Å²) in [6, 6.07) is 3.75. The van der Waals surface area contributed by atoms with Crippen LogP contribution in [0.1, 0.15) is 57.1 Å². The third-order valence-corrected chi connectivity index (χ3v) is 6.39. The SMILES string of the molecule is CCCCCCN1C(=O)/C(=C\c2c(NCCC)nc3c(C)cccn3c2=O)SC1=S. The minimum absolute atomic E-state index is 0.128. The first-order chi connectivity index (χ1) is 14.5. The Hall–Kier alpha value is -2.19. The molecule has 0 unspecified atom stereocenters. The highest BCUT2D eigenvalue weighted by Crippen LogP contribution is 2.33. The molecule has 1 amide bonds. The monoisotopic (exact) mass is 444 g/mol. The molecule has 3 heterocycles. The topological polar surface area (TPSA) is 66.7 Å². The van der Waals surface area contributed by atoms with Crippen molar-refractivity contribution in [2.75, 3.05) is 18.4 Å². The zero-order valence-corrected chi connectivity index (χ0v) is 19.4.